The molecule has 2 aromatic rings. The first kappa shape index (κ1) is 23.0. The summed E-state index contributed by atoms with van der Waals surface area (Å²) >= 11 is 0. The highest BCUT2D eigenvalue weighted by Crippen LogP contribution is 2.19. The molecule has 6 nitrogen and oxygen atoms in total. The number of guanidine groups is 1. The van der Waals surface area contributed by atoms with Gasteiger partial charge >= 0.3 is 0 Å². The third kappa shape index (κ3) is 7.23. The number of nitrogens with zero attached hydrogens (tertiary/aromatic N) is 2. The van der Waals surface area contributed by atoms with Crippen LogP contribution < -0.4 is 20.9 Å². The van der Waals surface area contributed by atoms with Gasteiger partial charge in [0.1, 0.15) is 0 Å². The van der Waals surface area contributed by atoms with Gasteiger partial charge in [-0.15, -0.1) is 24.0 Å². The van der Waals surface area contributed by atoms with Crippen molar-refractivity contribution < 1.29 is 4.79 Å². The van der Waals surface area contributed by atoms with E-state index >= 15 is 0 Å². The molecule has 1 aliphatic heterocycles. The van der Waals surface area contributed by atoms with Crippen LogP contribution in [-0.2, 0) is 11.2 Å². The molecule has 2 aromatic carbocycles. The van der Waals surface area contributed by atoms with Crippen LogP contribution in [-0.4, -0.2) is 44.6 Å². The van der Waals surface area contributed by atoms with E-state index in [1.54, 1.807) is 0 Å². The van der Waals surface area contributed by atoms with Crippen LogP contribution in [0.5, 0.6) is 0 Å². The van der Waals surface area contributed by atoms with Crippen molar-refractivity contribution in [2.45, 2.75) is 25.8 Å². The second-order valence-corrected chi connectivity index (χ2v) is 7.04. The quantitative estimate of drug-likeness (QED) is 0.319. The first-order valence-corrected chi connectivity index (χ1v) is 9.78. The van der Waals surface area contributed by atoms with E-state index in [2.05, 4.69) is 56.2 Å². The van der Waals surface area contributed by atoms with Gasteiger partial charge in [-0.2, -0.15) is 0 Å². The molecule has 1 fully saturated rings. The van der Waals surface area contributed by atoms with Gasteiger partial charge in [0.15, 0.2) is 5.96 Å². The van der Waals surface area contributed by atoms with Gasteiger partial charge in [-0.1, -0.05) is 30.3 Å². The number of hydrogen-bond donors (Lipinski definition) is 3. The monoisotopic (exact) mass is 507 g/mol. The van der Waals surface area contributed by atoms with Crippen molar-refractivity contribution >= 4 is 47.2 Å². The lowest BCUT2D eigenvalue weighted by Crippen LogP contribution is -2.45. The summed E-state index contributed by atoms with van der Waals surface area (Å²) in [6.07, 6.45) is 1.99. The van der Waals surface area contributed by atoms with Crippen molar-refractivity contribution in [1.29, 1.82) is 0 Å². The van der Waals surface area contributed by atoms with Crippen LogP contribution in [0.15, 0.2) is 59.6 Å². The molecule has 156 valence electrons. The lowest BCUT2D eigenvalue weighted by Gasteiger charge is -2.20. The van der Waals surface area contributed by atoms with E-state index in [4.69, 9.17) is 0 Å². The molecule has 29 heavy (non-hydrogen) atoms. The minimum Gasteiger partial charge on any atom is -0.369 e. The zero-order valence-corrected chi connectivity index (χ0v) is 19.4. The number of benzene rings is 2. The van der Waals surface area contributed by atoms with Crippen molar-refractivity contribution in [1.82, 2.24) is 10.6 Å². The van der Waals surface area contributed by atoms with E-state index in [1.165, 1.54) is 18.2 Å². The fraction of sp³-hybridized carbons (Fsp3) is 0.364. The zero-order chi connectivity index (χ0) is 19.8. The topological polar surface area (TPSA) is 68.8 Å². The number of rotatable bonds is 6. The normalized spacial score (nSPS) is 16.1. The molecule has 0 aromatic heterocycles. The maximum atomic E-state index is 11.1. The van der Waals surface area contributed by atoms with E-state index in [0.29, 0.717) is 6.04 Å². The number of aliphatic imine (C=N–C) groups is 1. The SMILES string of the molecule is CN=C(NCCc1ccc(NC(C)=O)cc1)NC1CCN(c2ccccc2)C1.I. The Kier molecular flexibility index (Phi) is 9.24. The van der Waals surface area contributed by atoms with Gasteiger partial charge in [-0.25, -0.2) is 0 Å². The molecule has 1 amide bonds. The summed E-state index contributed by atoms with van der Waals surface area (Å²) in [6, 6.07) is 18.9. The first-order valence-electron chi connectivity index (χ1n) is 9.78. The number of amides is 1. The van der Waals surface area contributed by atoms with Gasteiger partial charge in [0.25, 0.3) is 0 Å². The van der Waals surface area contributed by atoms with Crippen LogP contribution in [0, 0.1) is 0 Å². The highest BCUT2D eigenvalue weighted by Gasteiger charge is 2.23. The minimum atomic E-state index is -0.0537. The van der Waals surface area contributed by atoms with Crippen LogP contribution in [0.1, 0.15) is 18.9 Å². The molecule has 0 saturated carbocycles. The molecular weight excluding hydrogens is 477 g/mol. The summed E-state index contributed by atoms with van der Waals surface area (Å²) in [5, 5.41) is 9.71. The van der Waals surface area contributed by atoms with E-state index in [9.17, 15) is 4.79 Å². The molecule has 1 aliphatic rings. The molecular formula is C22H30IN5O. The Morgan fingerprint density at radius 2 is 1.86 bits per heavy atom. The Morgan fingerprint density at radius 3 is 2.52 bits per heavy atom. The van der Waals surface area contributed by atoms with Gasteiger partial charge in [-0.05, 0) is 42.7 Å². The number of hydrogen-bond acceptors (Lipinski definition) is 3. The third-order valence-electron chi connectivity index (χ3n) is 4.85. The first-order chi connectivity index (χ1) is 13.6. The maximum absolute atomic E-state index is 11.1. The largest absolute Gasteiger partial charge is 0.369 e. The van der Waals surface area contributed by atoms with E-state index < -0.39 is 0 Å². The lowest BCUT2D eigenvalue weighted by atomic mass is 10.1. The van der Waals surface area contributed by atoms with Gasteiger partial charge in [0.05, 0.1) is 0 Å². The predicted molar refractivity (Wildman–Crippen MR) is 131 cm³/mol. The fourth-order valence-corrected chi connectivity index (χ4v) is 3.42. The number of anilines is 2. The van der Waals surface area contributed by atoms with E-state index in [-0.39, 0.29) is 29.9 Å². The molecule has 1 atom stereocenters. The van der Waals surface area contributed by atoms with Crippen molar-refractivity contribution in [3.8, 4) is 0 Å². The Hall–Kier alpha value is -2.29. The summed E-state index contributed by atoms with van der Waals surface area (Å²) in [6.45, 7) is 4.35. The number of para-hydroxylation sites is 1. The molecule has 0 bridgehead atoms. The predicted octanol–water partition coefficient (Wildman–Crippen LogP) is 3.25. The highest BCUT2D eigenvalue weighted by molar-refractivity contribution is 14.0. The summed E-state index contributed by atoms with van der Waals surface area (Å²) in [7, 11) is 1.81. The van der Waals surface area contributed by atoms with Gasteiger partial charge in [0.2, 0.25) is 5.91 Å². The molecule has 3 rings (SSSR count). The van der Waals surface area contributed by atoms with Crippen molar-refractivity contribution in [2.75, 3.05) is 36.9 Å². The number of carbonyl (C=O) groups excluding carboxylic acids is 1. The standard InChI is InChI=1S/C22H29N5O.HI/c1-17(28)25-19-10-8-18(9-11-19)12-14-24-22(23-2)26-20-13-15-27(16-20)21-6-4-3-5-7-21;/h3-11,20H,12-16H2,1-2H3,(H,25,28)(H2,23,24,26);1H. The van der Waals surface area contributed by atoms with Crippen molar-refractivity contribution in [2.24, 2.45) is 4.99 Å². The Bertz CT molecular complexity index is 795. The number of carbonyl (C=O) groups is 1. The highest BCUT2D eigenvalue weighted by atomic mass is 127. The summed E-state index contributed by atoms with van der Waals surface area (Å²) in [5.74, 6) is 0.789. The molecule has 3 N–H and O–H groups in total. The second kappa shape index (κ2) is 11.6. The van der Waals surface area contributed by atoms with Crippen molar-refractivity contribution in [3.05, 3.63) is 60.2 Å². The van der Waals surface area contributed by atoms with Crippen LogP contribution in [0.4, 0.5) is 11.4 Å². The molecule has 0 aliphatic carbocycles. The summed E-state index contributed by atoms with van der Waals surface area (Å²) in [4.78, 5) is 17.8. The molecule has 1 unspecified atom stereocenters. The van der Waals surface area contributed by atoms with Crippen LogP contribution >= 0.6 is 24.0 Å². The molecule has 1 heterocycles. The molecule has 0 spiro atoms. The Labute approximate surface area is 190 Å². The second-order valence-electron chi connectivity index (χ2n) is 7.04. The maximum Gasteiger partial charge on any atom is 0.221 e. The zero-order valence-electron chi connectivity index (χ0n) is 17.0. The van der Waals surface area contributed by atoms with E-state index in [1.807, 2.05) is 31.3 Å². The van der Waals surface area contributed by atoms with E-state index in [0.717, 1.165) is 44.1 Å². The van der Waals surface area contributed by atoms with Crippen LogP contribution in [0.25, 0.3) is 0 Å². The lowest BCUT2D eigenvalue weighted by molar-refractivity contribution is -0.114. The number of halogens is 1. The van der Waals surface area contributed by atoms with Crippen LogP contribution in [0.3, 0.4) is 0 Å². The third-order valence-corrected chi connectivity index (χ3v) is 4.85. The van der Waals surface area contributed by atoms with Gasteiger partial charge in [0, 0.05) is 51.0 Å². The average Bonchev–Trinajstić information content (AvgIpc) is 3.17. The van der Waals surface area contributed by atoms with Gasteiger partial charge in [-0.3, -0.25) is 9.79 Å². The molecule has 7 heteroatoms. The number of nitrogens with one attached hydrogen (secondary N) is 3. The summed E-state index contributed by atoms with van der Waals surface area (Å²) < 4.78 is 0. The van der Waals surface area contributed by atoms with Gasteiger partial charge < -0.3 is 20.9 Å². The smallest absolute Gasteiger partial charge is 0.221 e. The average molecular weight is 507 g/mol. The molecule has 0 radical (unpaired) electrons. The van der Waals surface area contributed by atoms with Crippen LogP contribution in [0.2, 0.25) is 0 Å². The Balaban J connectivity index is 0.00000300. The fourth-order valence-electron chi connectivity index (χ4n) is 3.42. The van der Waals surface area contributed by atoms with Crippen molar-refractivity contribution in [3.63, 3.8) is 0 Å². The minimum absolute atomic E-state index is 0. The summed E-state index contributed by atoms with van der Waals surface area (Å²) in [5.41, 5.74) is 3.32. The molecule has 1 saturated heterocycles. The Morgan fingerprint density at radius 1 is 1.14 bits per heavy atom.